The molecule has 2 atom stereocenters. The standard InChI is InChI=1S/C15H22N2O2/c1-3-7-13-15(18)17(10-11-19-2)14(16-13)12-8-5-4-6-9-12/h4-6,8-9,13-14,16H,3,7,10-11H2,1-2H3. The zero-order valence-electron chi connectivity index (χ0n) is 11.6. The van der Waals surface area contributed by atoms with Gasteiger partial charge >= 0.3 is 0 Å². The lowest BCUT2D eigenvalue weighted by atomic mass is 10.1. The summed E-state index contributed by atoms with van der Waals surface area (Å²) in [6.45, 7) is 3.29. The number of ether oxygens (including phenoxy) is 1. The highest BCUT2D eigenvalue weighted by molar-refractivity contribution is 5.84. The summed E-state index contributed by atoms with van der Waals surface area (Å²) in [7, 11) is 1.66. The fourth-order valence-corrected chi connectivity index (χ4v) is 2.52. The van der Waals surface area contributed by atoms with Gasteiger partial charge < -0.3 is 9.64 Å². The summed E-state index contributed by atoms with van der Waals surface area (Å²) < 4.78 is 5.11. The van der Waals surface area contributed by atoms with E-state index >= 15 is 0 Å². The molecule has 104 valence electrons. The fraction of sp³-hybridized carbons (Fsp3) is 0.533. The Labute approximate surface area is 114 Å². The molecule has 4 heteroatoms. The quantitative estimate of drug-likeness (QED) is 0.851. The summed E-state index contributed by atoms with van der Waals surface area (Å²) in [5.41, 5.74) is 1.13. The van der Waals surface area contributed by atoms with Gasteiger partial charge in [-0.3, -0.25) is 10.1 Å². The van der Waals surface area contributed by atoms with Gasteiger partial charge in [0.2, 0.25) is 5.91 Å². The Morgan fingerprint density at radius 1 is 1.32 bits per heavy atom. The van der Waals surface area contributed by atoms with Crippen LogP contribution in [0.1, 0.15) is 31.5 Å². The minimum absolute atomic E-state index is 0.0274. The summed E-state index contributed by atoms with van der Waals surface area (Å²) in [6.07, 6.45) is 1.86. The van der Waals surface area contributed by atoms with Crippen LogP contribution in [0.2, 0.25) is 0 Å². The fourth-order valence-electron chi connectivity index (χ4n) is 2.52. The summed E-state index contributed by atoms with van der Waals surface area (Å²) in [6, 6.07) is 10.0. The van der Waals surface area contributed by atoms with Gasteiger partial charge in [0, 0.05) is 13.7 Å². The van der Waals surface area contributed by atoms with Crippen molar-refractivity contribution < 1.29 is 9.53 Å². The molecule has 0 saturated carbocycles. The first kappa shape index (κ1) is 14.0. The van der Waals surface area contributed by atoms with Gasteiger partial charge in [-0.25, -0.2) is 0 Å². The Morgan fingerprint density at radius 3 is 2.68 bits per heavy atom. The van der Waals surface area contributed by atoms with Crippen molar-refractivity contribution in [3.8, 4) is 0 Å². The van der Waals surface area contributed by atoms with Crippen LogP contribution in [0.3, 0.4) is 0 Å². The van der Waals surface area contributed by atoms with Crippen molar-refractivity contribution in [1.29, 1.82) is 0 Å². The molecule has 2 rings (SSSR count). The van der Waals surface area contributed by atoms with Crippen molar-refractivity contribution in [2.24, 2.45) is 0 Å². The Balaban J connectivity index is 2.17. The maximum atomic E-state index is 12.4. The van der Waals surface area contributed by atoms with E-state index in [0.717, 1.165) is 18.4 Å². The average molecular weight is 262 g/mol. The van der Waals surface area contributed by atoms with Gasteiger partial charge in [0.05, 0.1) is 12.6 Å². The van der Waals surface area contributed by atoms with Crippen molar-refractivity contribution in [3.63, 3.8) is 0 Å². The monoisotopic (exact) mass is 262 g/mol. The number of methoxy groups -OCH3 is 1. The van der Waals surface area contributed by atoms with Crippen molar-refractivity contribution in [3.05, 3.63) is 35.9 Å². The number of carbonyl (C=O) groups is 1. The Kier molecular flexibility index (Phi) is 4.93. The SMILES string of the molecule is CCCC1NC(c2ccccc2)N(CCOC)C1=O. The van der Waals surface area contributed by atoms with Crippen molar-refractivity contribution >= 4 is 5.91 Å². The van der Waals surface area contributed by atoms with Crippen LogP contribution >= 0.6 is 0 Å². The van der Waals surface area contributed by atoms with E-state index in [2.05, 4.69) is 24.4 Å². The predicted molar refractivity (Wildman–Crippen MR) is 74.6 cm³/mol. The Hall–Kier alpha value is -1.39. The molecule has 1 amide bonds. The first-order valence-corrected chi connectivity index (χ1v) is 6.88. The maximum absolute atomic E-state index is 12.4. The normalized spacial score (nSPS) is 23.1. The third-order valence-electron chi connectivity index (χ3n) is 3.48. The molecule has 0 aromatic heterocycles. The van der Waals surface area contributed by atoms with Crippen LogP contribution in [0.5, 0.6) is 0 Å². The summed E-state index contributed by atoms with van der Waals surface area (Å²) in [5.74, 6) is 0.188. The molecule has 0 radical (unpaired) electrons. The molecule has 19 heavy (non-hydrogen) atoms. The zero-order chi connectivity index (χ0) is 13.7. The van der Waals surface area contributed by atoms with Gasteiger partial charge in [-0.05, 0) is 12.0 Å². The number of nitrogens with one attached hydrogen (secondary N) is 1. The minimum atomic E-state index is -0.0629. The van der Waals surface area contributed by atoms with Crippen molar-refractivity contribution in [1.82, 2.24) is 10.2 Å². The molecule has 1 N–H and O–H groups in total. The smallest absolute Gasteiger partial charge is 0.241 e. The summed E-state index contributed by atoms with van der Waals surface area (Å²) in [4.78, 5) is 14.3. The van der Waals surface area contributed by atoms with Crippen molar-refractivity contribution in [2.45, 2.75) is 32.0 Å². The number of hydrogen-bond donors (Lipinski definition) is 1. The molecule has 0 aliphatic carbocycles. The lowest BCUT2D eigenvalue weighted by Gasteiger charge is -2.24. The number of benzene rings is 1. The molecule has 2 unspecified atom stereocenters. The van der Waals surface area contributed by atoms with Gasteiger partial charge in [0.1, 0.15) is 6.17 Å². The Morgan fingerprint density at radius 2 is 2.05 bits per heavy atom. The van der Waals surface area contributed by atoms with Crippen LogP contribution in [-0.2, 0) is 9.53 Å². The molecule has 1 aliphatic rings. The molecule has 1 aliphatic heterocycles. The highest BCUT2D eigenvalue weighted by atomic mass is 16.5. The van der Waals surface area contributed by atoms with E-state index in [1.54, 1.807) is 7.11 Å². The Bertz CT molecular complexity index is 408. The van der Waals surface area contributed by atoms with Gasteiger partial charge in [-0.2, -0.15) is 0 Å². The number of rotatable bonds is 6. The molecule has 1 fully saturated rings. The summed E-state index contributed by atoms with van der Waals surface area (Å²) in [5, 5.41) is 3.44. The van der Waals surface area contributed by atoms with E-state index in [-0.39, 0.29) is 18.1 Å². The highest BCUT2D eigenvalue weighted by Gasteiger charge is 2.38. The molecule has 0 spiro atoms. The molecule has 4 nitrogen and oxygen atoms in total. The van der Waals surface area contributed by atoms with Crippen LogP contribution in [0.25, 0.3) is 0 Å². The number of hydrogen-bond acceptors (Lipinski definition) is 3. The molecule has 0 bridgehead atoms. The highest BCUT2D eigenvalue weighted by Crippen LogP contribution is 2.26. The second-order valence-electron chi connectivity index (χ2n) is 4.85. The second kappa shape index (κ2) is 6.68. The van der Waals surface area contributed by atoms with E-state index in [0.29, 0.717) is 13.2 Å². The van der Waals surface area contributed by atoms with Gasteiger partial charge in [-0.1, -0.05) is 43.7 Å². The second-order valence-corrected chi connectivity index (χ2v) is 4.85. The first-order chi connectivity index (χ1) is 9.27. The van der Waals surface area contributed by atoms with Crippen LogP contribution in [0.4, 0.5) is 0 Å². The van der Waals surface area contributed by atoms with E-state index in [9.17, 15) is 4.79 Å². The van der Waals surface area contributed by atoms with E-state index < -0.39 is 0 Å². The number of carbonyl (C=O) groups excluding carboxylic acids is 1. The number of nitrogens with zero attached hydrogens (tertiary/aromatic N) is 1. The van der Waals surface area contributed by atoms with Crippen molar-refractivity contribution in [2.75, 3.05) is 20.3 Å². The van der Waals surface area contributed by atoms with Crippen LogP contribution < -0.4 is 5.32 Å². The first-order valence-electron chi connectivity index (χ1n) is 6.88. The predicted octanol–water partition coefficient (Wildman–Crippen LogP) is 1.93. The lowest BCUT2D eigenvalue weighted by molar-refractivity contribution is -0.130. The van der Waals surface area contributed by atoms with Crippen LogP contribution in [-0.4, -0.2) is 37.1 Å². The average Bonchev–Trinajstić information content (AvgIpc) is 2.75. The van der Waals surface area contributed by atoms with Gasteiger partial charge in [-0.15, -0.1) is 0 Å². The van der Waals surface area contributed by atoms with Crippen LogP contribution in [0, 0.1) is 0 Å². The molecule has 1 aromatic rings. The third-order valence-corrected chi connectivity index (χ3v) is 3.48. The molecule has 1 aromatic carbocycles. The van der Waals surface area contributed by atoms with Crippen LogP contribution in [0.15, 0.2) is 30.3 Å². The molecule has 1 saturated heterocycles. The maximum Gasteiger partial charge on any atom is 0.241 e. The molecular weight excluding hydrogens is 240 g/mol. The number of amides is 1. The topological polar surface area (TPSA) is 41.6 Å². The molecular formula is C15H22N2O2. The van der Waals surface area contributed by atoms with E-state index in [1.807, 2.05) is 23.1 Å². The van der Waals surface area contributed by atoms with Gasteiger partial charge in [0.15, 0.2) is 0 Å². The summed E-state index contributed by atoms with van der Waals surface area (Å²) >= 11 is 0. The minimum Gasteiger partial charge on any atom is -0.383 e. The third kappa shape index (κ3) is 3.14. The largest absolute Gasteiger partial charge is 0.383 e. The zero-order valence-corrected chi connectivity index (χ0v) is 11.6. The van der Waals surface area contributed by atoms with Gasteiger partial charge in [0.25, 0.3) is 0 Å². The van der Waals surface area contributed by atoms with E-state index in [4.69, 9.17) is 4.74 Å². The molecule has 1 heterocycles. The lowest BCUT2D eigenvalue weighted by Crippen LogP contribution is -2.33. The van der Waals surface area contributed by atoms with E-state index in [1.165, 1.54) is 0 Å².